The molecule has 1 fully saturated rings. The molecule has 0 aliphatic carbocycles. The van der Waals surface area contributed by atoms with Crippen molar-refractivity contribution in [2.75, 3.05) is 13.1 Å². The fourth-order valence-electron chi connectivity index (χ4n) is 4.13. The molecule has 0 spiro atoms. The highest BCUT2D eigenvalue weighted by atomic mass is 16.3. The minimum absolute atomic E-state index is 0.0770. The third-order valence-electron chi connectivity index (χ3n) is 5.90. The van der Waals surface area contributed by atoms with Gasteiger partial charge in [-0.2, -0.15) is 5.10 Å². The number of aromatic nitrogens is 2. The number of amides is 1. The Hall–Kier alpha value is -3.15. The van der Waals surface area contributed by atoms with E-state index >= 15 is 0 Å². The number of benzene rings is 1. The second kappa shape index (κ2) is 8.30. The van der Waals surface area contributed by atoms with E-state index in [1.54, 1.807) is 38.3 Å². The molecule has 0 bridgehead atoms. The van der Waals surface area contributed by atoms with Crippen LogP contribution in [-0.4, -0.2) is 33.7 Å². The summed E-state index contributed by atoms with van der Waals surface area (Å²) in [6.07, 6.45) is 4.53. The van der Waals surface area contributed by atoms with Gasteiger partial charge in [-0.3, -0.25) is 9.59 Å². The zero-order valence-corrected chi connectivity index (χ0v) is 17.5. The molecule has 1 saturated heterocycles. The van der Waals surface area contributed by atoms with Crippen LogP contribution in [0.5, 0.6) is 0 Å². The van der Waals surface area contributed by atoms with Gasteiger partial charge in [0.05, 0.1) is 6.26 Å². The monoisotopic (exact) mass is 405 g/mol. The lowest BCUT2D eigenvalue weighted by Crippen LogP contribution is -2.53. The van der Waals surface area contributed by atoms with Crippen LogP contribution in [-0.2, 0) is 16.8 Å². The molecule has 1 aliphatic rings. The van der Waals surface area contributed by atoms with Gasteiger partial charge in [0, 0.05) is 19.2 Å². The number of likely N-dealkylation sites (tertiary alicyclic amines) is 1. The molecule has 30 heavy (non-hydrogen) atoms. The van der Waals surface area contributed by atoms with Gasteiger partial charge in [-0.25, -0.2) is 4.68 Å². The van der Waals surface area contributed by atoms with E-state index in [1.807, 2.05) is 11.0 Å². The van der Waals surface area contributed by atoms with Gasteiger partial charge in [0.25, 0.3) is 5.56 Å². The van der Waals surface area contributed by atoms with Crippen molar-refractivity contribution in [2.24, 2.45) is 5.92 Å². The quantitative estimate of drug-likeness (QED) is 0.649. The SMILES string of the molecule is CC(C)(C(=O)N1CCC(Cc2ccccc2)CC1)n1nc(-c2ccco2)ccc1=O. The maximum atomic E-state index is 13.3. The molecule has 3 heterocycles. The first-order valence-corrected chi connectivity index (χ1v) is 10.4. The highest BCUT2D eigenvalue weighted by Crippen LogP contribution is 2.26. The van der Waals surface area contributed by atoms with E-state index in [0.29, 0.717) is 30.5 Å². The van der Waals surface area contributed by atoms with E-state index in [1.165, 1.54) is 16.3 Å². The first-order chi connectivity index (χ1) is 14.4. The average Bonchev–Trinajstić information content (AvgIpc) is 3.30. The van der Waals surface area contributed by atoms with E-state index in [2.05, 4.69) is 29.4 Å². The molecule has 1 amide bonds. The van der Waals surface area contributed by atoms with E-state index in [4.69, 9.17) is 4.42 Å². The molecule has 0 atom stereocenters. The van der Waals surface area contributed by atoms with E-state index < -0.39 is 5.54 Å². The van der Waals surface area contributed by atoms with Crippen molar-refractivity contribution in [2.45, 2.75) is 38.6 Å². The van der Waals surface area contributed by atoms with Crippen molar-refractivity contribution in [3.8, 4) is 11.5 Å². The number of hydrogen-bond donors (Lipinski definition) is 0. The van der Waals surface area contributed by atoms with Crippen molar-refractivity contribution >= 4 is 5.91 Å². The van der Waals surface area contributed by atoms with Crippen LogP contribution in [0.1, 0.15) is 32.3 Å². The smallest absolute Gasteiger partial charge is 0.267 e. The van der Waals surface area contributed by atoms with Crippen molar-refractivity contribution < 1.29 is 9.21 Å². The predicted octanol–water partition coefficient (Wildman–Crippen LogP) is 3.72. The summed E-state index contributed by atoms with van der Waals surface area (Å²) in [5, 5.41) is 4.44. The van der Waals surface area contributed by atoms with Gasteiger partial charge in [-0.15, -0.1) is 0 Å². The minimum atomic E-state index is -1.08. The van der Waals surface area contributed by atoms with E-state index in [-0.39, 0.29) is 11.5 Å². The topological polar surface area (TPSA) is 68.3 Å². The van der Waals surface area contributed by atoms with Gasteiger partial charge in [0.1, 0.15) is 11.2 Å². The highest BCUT2D eigenvalue weighted by Gasteiger charge is 2.37. The number of piperidine rings is 1. The zero-order valence-electron chi connectivity index (χ0n) is 17.5. The van der Waals surface area contributed by atoms with Gasteiger partial charge < -0.3 is 9.32 Å². The van der Waals surface area contributed by atoms with Crippen LogP contribution < -0.4 is 5.56 Å². The lowest BCUT2D eigenvalue weighted by molar-refractivity contribution is -0.141. The Labute approximate surface area is 176 Å². The van der Waals surface area contributed by atoms with Crippen molar-refractivity contribution in [3.63, 3.8) is 0 Å². The Kier molecular flexibility index (Phi) is 5.57. The number of hydrogen-bond acceptors (Lipinski definition) is 4. The molecule has 0 saturated carbocycles. The highest BCUT2D eigenvalue weighted by molar-refractivity contribution is 5.83. The number of furan rings is 1. The Morgan fingerprint density at radius 1 is 1.07 bits per heavy atom. The van der Waals surface area contributed by atoms with Crippen molar-refractivity contribution in [3.05, 3.63) is 76.8 Å². The number of nitrogens with zero attached hydrogens (tertiary/aromatic N) is 3. The van der Waals surface area contributed by atoms with Crippen LogP contribution in [0.2, 0.25) is 0 Å². The summed E-state index contributed by atoms with van der Waals surface area (Å²) < 4.78 is 6.67. The normalized spacial score (nSPS) is 15.3. The molecular weight excluding hydrogens is 378 g/mol. The average molecular weight is 405 g/mol. The molecular formula is C24H27N3O3. The van der Waals surface area contributed by atoms with Gasteiger partial charge in [-0.05, 0) is 62.8 Å². The van der Waals surface area contributed by atoms with Crippen LogP contribution in [0.15, 0.2) is 70.1 Å². The molecule has 3 aromatic rings. The maximum absolute atomic E-state index is 13.3. The molecule has 1 aliphatic heterocycles. The summed E-state index contributed by atoms with van der Waals surface area (Å²) in [4.78, 5) is 27.7. The second-order valence-corrected chi connectivity index (χ2v) is 8.43. The molecule has 6 heteroatoms. The summed E-state index contributed by atoms with van der Waals surface area (Å²) in [6.45, 7) is 4.91. The summed E-state index contributed by atoms with van der Waals surface area (Å²) in [7, 11) is 0. The molecule has 1 aromatic carbocycles. The molecule has 6 nitrogen and oxygen atoms in total. The lowest BCUT2D eigenvalue weighted by atomic mass is 9.89. The molecule has 156 valence electrons. The largest absolute Gasteiger partial charge is 0.463 e. The van der Waals surface area contributed by atoms with Crippen LogP contribution in [0.4, 0.5) is 0 Å². The number of rotatable bonds is 5. The Morgan fingerprint density at radius 3 is 2.47 bits per heavy atom. The third kappa shape index (κ3) is 4.08. The Bertz CT molecular complexity index is 1050. The third-order valence-corrected chi connectivity index (χ3v) is 5.90. The zero-order chi connectivity index (χ0) is 21.1. The Balaban J connectivity index is 1.47. The summed E-state index contributed by atoms with van der Waals surface area (Å²) in [5.41, 5.74) is 0.490. The summed E-state index contributed by atoms with van der Waals surface area (Å²) in [6, 6.07) is 17.1. The lowest BCUT2D eigenvalue weighted by Gasteiger charge is -2.37. The van der Waals surface area contributed by atoms with E-state index in [9.17, 15) is 9.59 Å². The number of carbonyl (C=O) groups is 1. The second-order valence-electron chi connectivity index (χ2n) is 8.43. The van der Waals surface area contributed by atoms with Gasteiger partial charge in [0.2, 0.25) is 5.91 Å². The maximum Gasteiger partial charge on any atom is 0.267 e. The standard InChI is InChI=1S/C24H27N3O3/c1-24(2,27-22(28)11-10-20(25-27)21-9-6-16-30-21)23(29)26-14-12-19(13-15-26)17-18-7-4-3-5-8-18/h3-11,16,19H,12-15,17H2,1-2H3. The van der Waals surface area contributed by atoms with E-state index in [0.717, 1.165) is 19.3 Å². The first-order valence-electron chi connectivity index (χ1n) is 10.4. The molecule has 0 N–H and O–H groups in total. The fraction of sp³-hybridized carbons (Fsp3) is 0.375. The van der Waals surface area contributed by atoms with Crippen molar-refractivity contribution in [1.29, 1.82) is 0 Å². The van der Waals surface area contributed by atoms with Crippen LogP contribution in [0.25, 0.3) is 11.5 Å². The summed E-state index contributed by atoms with van der Waals surface area (Å²) in [5.74, 6) is 1.06. The summed E-state index contributed by atoms with van der Waals surface area (Å²) >= 11 is 0. The van der Waals surface area contributed by atoms with Crippen LogP contribution in [0.3, 0.4) is 0 Å². The van der Waals surface area contributed by atoms with Crippen molar-refractivity contribution in [1.82, 2.24) is 14.7 Å². The van der Waals surface area contributed by atoms with Crippen LogP contribution >= 0.6 is 0 Å². The minimum Gasteiger partial charge on any atom is -0.463 e. The Morgan fingerprint density at radius 2 is 1.80 bits per heavy atom. The van der Waals surface area contributed by atoms with Gasteiger partial charge in [0.15, 0.2) is 5.76 Å². The fourth-order valence-corrected chi connectivity index (χ4v) is 4.13. The predicted molar refractivity (Wildman–Crippen MR) is 115 cm³/mol. The van der Waals surface area contributed by atoms with Gasteiger partial charge >= 0.3 is 0 Å². The van der Waals surface area contributed by atoms with Crippen LogP contribution in [0, 0.1) is 5.92 Å². The van der Waals surface area contributed by atoms with Gasteiger partial charge in [-0.1, -0.05) is 30.3 Å². The molecule has 2 aromatic heterocycles. The molecule has 0 unspecified atom stereocenters. The molecule has 0 radical (unpaired) electrons. The first kappa shape index (κ1) is 20.1. The number of carbonyl (C=O) groups excluding carboxylic acids is 1. The molecule has 4 rings (SSSR count).